The fourth-order valence-corrected chi connectivity index (χ4v) is 3.16. The van der Waals surface area contributed by atoms with Gasteiger partial charge in [0.15, 0.2) is 6.61 Å². The van der Waals surface area contributed by atoms with Gasteiger partial charge in [-0.1, -0.05) is 24.2 Å². The van der Waals surface area contributed by atoms with E-state index in [2.05, 4.69) is 10.5 Å². The second kappa shape index (κ2) is 7.61. The molecule has 0 saturated heterocycles. The highest BCUT2D eigenvalue weighted by molar-refractivity contribution is 6.05. The summed E-state index contributed by atoms with van der Waals surface area (Å²) in [6, 6.07) is 6.66. The molecule has 8 heteroatoms. The molecule has 0 aliphatic carbocycles. The van der Waals surface area contributed by atoms with E-state index < -0.39 is 18.5 Å². The zero-order valence-electron chi connectivity index (χ0n) is 15.4. The number of aromatic nitrogens is 1. The van der Waals surface area contributed by atoms with Crippen molar-refractivity contribution in [1.82, 2.24) is 5.16 Å². The molecular weight excluding hydrogens is 350 g/mol. The Morgan fingerprint density at radius 3 is 2.85 bits per heavy atom. The molecule has 8 nitrogen and oxygen atoms in total. The number of para-hydroxylation sites is 2. The zero-order chi connectivity index (χ0) is 19.6. The molecule has 1 aromatic heterocycles. The first-order chi connectivity index (χ1) is 12.9. The van der Waals surface area contributed by atoms with Crippen molar-refractivity contribution >= 4 is 29.2 Å². The number of rotatable bonds is 4. The van der Waals surface area contributed by atoms with Gasteiger partial charge in [0.25, 0.3) is 5.91 Å². The summed E-state index contributed by atoms with van der Waals surface area (Å²) in [7, 11) is 0. The van der Waals surface area contributed by atoms with E-state index in [1.165, 1.54) is 4.90 Å². The molecule has 142 valence electrons. The molecule has 0 saturated carbocycles. The van der Waals surface area contributed by atoms with E-state index in [9.17, 15) is 14.4 Å². The molecule has 0 fully saturated rings. The van der Waals surface area contributed by atoms with E-state index in [-0.39, 0.29) is 23.9 Å². The molecule has 3 rings (SSSR count). The quantitative estimate of drug-likeness (QED) is 0.829. The van der Waals surface area contributed by atoms with Gasteiger partial charge in [-0.25, -0.2) is 4.79 Å². The highest BCUT2D eigenvalue weighted by Gasteiger charge is 2.30. The Hall–Kier alpha value is -3.16. The summed E-state index contributed by atoms with van der Waals surface area (Å²) < 4.78 is 10.3. The van der Waals surface area contributed by atoms with Gasteiger partial charge in [0, 0.05) is 12.5 Å². The average Bonchev–Trinajstić information content (AvgIpc) is 2.95. The van der Waals surface area contributed by atoms with Gasteiger partial charge in [-0.05, 0) is 32.4 Å². The first kappa shape index (κ1) is 18.6. The Kier molecular flexibility index (Phi) is 5.25. The minimum absolute atomic E-state index is 0.152. The molecule has 2 amide bonds. The molecule has 0 bridgehead atoms. The largest absolute Gasteiger partial charge is 0.452 e. The smallest absolute Gasteiger partial charge is 0.344 e. The number of esters is 1. The number of hydrogen-bond donors (Lipinski definition) is 1. The maximum absolute atomic E-state index is 12.8. The molecule has 0 radical (unpaired) electrons. The summed E-state index contributed by atoms with van der Waals surface area (Å²) in [5.74, 6) is -0.877. The van der Waals surface area contributed by atoms with E-state index in [1.807, 2.05) is 6.92 Å². The Bertz CT molecular complexity index is 889. The molecule has 1 aliphatic heterocycles. The molecule has 1 atom stereocenters. The number of hydrogen-bond acceptors (Lipinski definition) is 6. The number of aryl methyl sites for hydroxylation is 2. The number of anilines is 2. The van der Waals surface area contributed by atoms with Gasteiger partial charge in [0.2, 0.25) is 5.91 Å². The van der Waals surface area contributed by atoms with Crippen LogP contribution >= 0.6 is 0 Å². The lowest BCUT2D eigenvalue weighted by Crippen LogP contribution is -2.41. The summed E-state index contributed by atoms with van der Waals surface area (Å²) in [6.45, 7) is 4.80. The summed E-state index contributed by atoms with van der Waals surface area (Å²) in [5, 5.41) is 6.60. The van der Waals surface area contributed by atoms with E-state index in [0.717, 1.165) is 0 Å². The third-order valence-electron chi connectivity index (χ3n) is 4.43. The van der Waals surface area contributed by atoms with Gasteiger partial charge in [-0.15, -0.1) is 0 Å². The van der Waals surface area contributed by atoms with Crippen molar-refractivity contribution in [2.45, 2.75) is 39.7 Å². The van der Waals surface area contributed by atoms with Crippen LogP contribution in [0.3, 0.4) is 0 Å². The molecule has 1 aromatic carbocycles. The van der Waals surface area contributed by atoms with Crippen molar-refractivity contribution in [3.05, 3.63) is 41.3 Å². The minimum Gasteiger partial charge on any atom is -0.452 e. The molecule has 1 N–H and O–H groups in total. The standard InChI is InChI=1S/C19H21N3O5/c1-4-13-18(12(3)27-21-13)19(25)26-10-17(24)22-11(2)9-16(23)20-14-7-5-6-8-15(14)22/h5-8,11H,4,9-10H2,1-3H3,(H,20,23)/t11-/m0/s1. The van der Waals surface area contributed by atoms with Gasteiger partial charge in [-0.3, -0.25) is 9.59 Å². The summed E-state index contributed by atoms with van der Waals surface area (Å²) in [5.41, 5.74) is 1.88. The van der Waals surface area contributed by atoms with Crippen molar-refractivity contribution in [3.63, 3.8) is 0 Å². The monoisotopic (exact) mass is 371 g/mol. The number of fused-ring (bicyclic) bond motifs is 1. The van der Waals surface area contributed by atoms with Crippen molar-refractivity contribution in [2.24, 2.45) is 0 Å². The van der Waals surface area contributed by atoms with Crippen LogP contribution in [-0.2, 0) is 20.7 Å². The topological polar surface area (TPSA) is 102 Å². The van der Waals surface area contributed by atoms with Crippen molar-refractivity contribution in [2.75, 3.05) is 16.8 Å². The number of nitrogens with one attached hydrogen (secondary N) is 1. The summed E-state index contributed by atoms with van der Waals surface area (Å²) >= 11 is 0. The summed E-state index contributed by atoms with van der Waals surface area (Å²) in [6.07, 6.45) is 0.666. The highest BCUT2D eigenvalue weighted by Crippen LogP contribution is 2.31. The number of nitrogens with zero attached hydrogens (tertiary/aromatic N) is 2. The fraction of sp³-hybridized carbons (Fsp3) is 0.368. The van der Waals surface area contributed by atoms with Crippen molar-refractivity contribution in [3.8, 4) is 0 Å². The van der Waals surface area contributed by atoms with Gasteiger partial charge in [-0.2, -0.15) is 0 Å². The molecule has 1 aliphatic rings. The lowest BCUT2D eigenvalue weighted by atomic mass is 10.1. The van der Waals surface area contributed by atoms with E-state index >= 15 is 0 Å². The first-order valence-corrected chi connectivity index (χ1v) is 8.75. The predicted molar refractivity (Wildman–Crippen MR) is 97.5 cm³/mol. The predicted octanol–water partition coefficient (Wildman–Crippen LogP) is 2.47. The molecule has 2 aromatic rings. The Balaban J connectivity index is 1.78. The maximum Gasteiger partial charge on any atom is 0.344 e. The van der Waals surface area contributed by atoms with Crippen LogP contribution in [0.4, 0.5) is 11.4 Å². The zero-order valence-corrected chi connectivity index (χ0v) is 15.4. The summed E-state index contributed by atoms with van der Waals surface area (Å²) in [4.78, 5) is 38.7. The normalized spacial score (nSPS) is 16.3. The lowest BCUT2D eigenvalue weighted by molar-refractivity contribution is -0.122. The van der Waals surface area contributed by atoms with Crippen LogP contribution in [0.5, 0.6) is 0 Å². The molecular formula is C19H21N3O5. The van der Waals surface area contributed by atoms with Gasteiger partial charge in [0.05, 0.1) is 17.1 Å². The van der Waals surface area contributed by atoms with Crippen LogP contribution in [0.25, 0.3) is 0 Å². The minimum atomic E-state index is -0.649. The van der Waals surface area contributed by atoms with Gasteiger partial charge < -0.3 is 19.5 Å². The first-order valence-electron chi connectivity index (χ1n) is 8.75. The van der Waals surface area contributed by atoms with Crippen LogP contribution in [0.1, 0.15) is 42.1 Å². The van der Waals surface area contributed by atoms with E-state index in [0.29, 0.717) is 29.2 Å². The Morgan fingerprint density at radius 1 is 1.37 bits per heavy atom. The van der Waals surface area contributed by atoms with Gasteiger partial charge >= 0.3 is 5.97 Å². The second-order valence-electron chi connectivity index (χ2n) is 6.37. The molecule has 0 spiro atoms. The van der Waals surface area contributed by atoms with E-state index in [1.54, 1.807) is 38.1 Å². The number of ether oxygens (including phenoxy) is 1. The third-order valence-corrected chi connectivity index (χ3v) is 4.43. The maximum atomic E-state index is 12.8. The van der Waals surface area contributed by atoms with Gasteiger partial charge in [0.1, 0.15) is 11.3 Å². The van der Waals surface area contributed by atoms with Crippen LogP contribution in [0.2, 0.25) is 0 Å². The Labute approximate surface area is 156 Å². The SMILES string of the molecule is CCc1noc(C)c1C(=O)OCC(=O)N1c2ccccc2NC(=O)C[C@@H]1C. The lowest BCUT2D eigenvalue weighted by Gasteiger charge is -2.27. The van der Waals surface area contributed by atoms with E-state index in [4.69, 9.17) is 9.26 Å². The molecule has 2 heterocycles. The highest BCUT2D eigenvalue weighted by atomic mass is 16.5. The van der Waals surface area contributed by atoms with Crippen LogP contribution in [0.15, 0.2) is 28.8 Å². The molecule has 27 heavy (non-hydrogen) atoms. The third kappa shape index (κ3) is 3.69. The van der Waals surface area contributed by atoms with Crippen molar-refractivity contribution < 1.29 is 23.6 Å². The van der Waals surface area contributed by atoms with Crippen LogP contribution in [0, 0.1) is 6.92 Å². The average molecular weight is 371 g/mol. The van der Waals surface area contributed by atoms with Crippen LogP contribution in [-0.4, -0.2) is 35.6 Å². The molecule has 0 unspecified atom stereocenters. The second-order valence-corrected chi connectivity index (χ2v) is 6.37. The van der Waals surface area contributed by atoms with Crippen molar-refractivity contribution in [1.29, 1.82) is 0 Å². The van der Waals surface area contributed by atoms with Crippen LogP contribution < -0.4 is 10.2 Å². The number of benzene rings is 1. The number of carbonyl (C=O) groups excluding carboxylic acids is 3. The fourth-order valence-electron chi connectivity index (χ4n) is 3.16. The number of carbonyl (C=O) groups is 3. The number of amides is 2. The Morgan fingerprint density at radius 2 is 2.11 bits per heavy atom.